The third-order valence-corrected chi connectivity index (χ3v) is 3.44. The Kier molecular flexibility index (Phi) is 4.01. The van der Waals surface area contributed by atoms with Crippen LogP contribution in [0.15, 0.2) is 41.8 Å². The minimum atomic E-state index is -0.486. The fourth-order valence-electron chi connectivity index (χ4n) is 1.58. The quantitative estimate of drug-likeness (QED) is 0.856. The van der Waals surface area contributed by atoms with E-state index in [9.17, 15) is 5.11 Å². The number of rotatable bonds is 5. The first-order chi connectivity index (χ1) is 8.31. The third-order valence-electron chi connectivity index (χ3n) is 2.46. The number of nitrogens with one attached hydrogen (secondary N) is 1. The Labute approximate surface area is 105 Å². The lowest BCUT2D eigenvalue weighted by Crippen LogP contribution is -2.11. The van der Waals surface area contributed by atoms with E-state index in [0.29, 0.717) is 6.54 Å². The average molecular weight is 249 g/mol. The number of anilines is 1. The molecular weight excluding hydrogens is 234 g/mol. The van der Waals surface area contributed by atoms with Crippen molar-refractivity contribution < 1.29 is 9.84 Å². The van der Waals surface area contributed by atoms with Crippen LogP contribution in [0.3, 0.4) is 0 Å². The molecule has 1 aromatic heterocycles. The van der Waals surface area contributed by atoms with Crippen molar-refractivity contribution in [2.75, 3.05) is 19.0 Å². The van der Waals surface area contributed by atoms with Crippen LogP contribution in [0.4, 0.5) is 5.69 Å². The highest BCUT2D eigenvalue weighted by Gasteiger charge is 2.09. The molecular formula is C13H15NO2S. The van der Waals surface area contributed by atoms with Crippen molar-refractivity contribution in [1.29, 1.82) is 0 Å². The Morgan fingerprint density at radius 1 is 1.29 bits per heavy atom. The predicted molar refractivity (Wildman–Crippen MR) is 70.8 cm³/mol. The van der Waals surface area contributed by atoms with Crippen LogP contribution in [0, 0.1) is 0 Å². The van der Waals surface area contributed by atoms with Gasteiger partial charge < -0.3 is 15.2 Å². The molecule has 90 valence electrons. The van der Waals surface area contributed by atoms with Crippen molar-refractivity contribution in [2.24, 2.45) is 0 Å². The summed E-state index contributed by atoms with van der Waals surface area (Å²) >= 11 is 1.55. The highest BCUT2D eigenvalue weighted by molar-refractivity contribution is 7.10. The van der Waals surface area contributed by atoms with Crippen molar-refractivity contribution in [3.8, 4) is 5.75 Å². The van der Waals surface area contributed by atoms with Crippen molar-refractivity contribution in [1.82, 2.24) is 0 Å². The van der Waals surface area contributed by atoms with Gasteiger partial charge in [0, 0.05) is 11.4 Å². The molecule has 3 nitrogen and oxygen atoms in total. The zero-order valence-corrected chi connectivity index (χ0v) is 10.4. The molecule has 1 heterocycles. The van der Waals surface area contributed by atoms with Gasteiger partial charge in [-0.1, -0.05) is 18.2 Å². The number of aliphatic hydroxyl groups is 1. The normalized spacial score (nSPS) is 12.1. The molecule has 17 heavy (non-hydrogen) atoms. The first-order valence-corrected chi connectivity index (χ1v) is 6.27. The molecule has 1 aromatic carbocycles. The molecule has 0 radical (unpaired) electrons. The van der Waals surface area contributed by atoms with Gasteiger partial charge in [0.05, 0.1) is 12.8 Å². The van der Waals surface area contributed by atoms with E-state index in [4.69, 9.17) is 4.74 Å². The van der Waals surface area contributed by atoms with Gasteiger partial charge in [0.15, 0.2) is 0 Å². The summed E-state index contributed by atoms with van der Waals surface area (Å²) in [5.74, 6) is 0.783. The molecule has 1 atom stereocenters. The number of ether oxygens (including phenoxy) is 1. The minimum absolute atomic E-state index is 0.473. The molecule has 2 aromatic rings. The van der Waals surface area contributed by atoms with E-state index >= 15 is 0 Å². The highest BCUT2D eigenvalue weighted by atomic mass is 32.1. The van der Waals surface area contributed by atoms with Crippen LogP contribution in [0.5, 0.6) is 5.75 Å². The summed E-state index contributed by atoms with van der Waals surface area (Å²) in [6.07, 6.45) is -0.486. The fourth-order valence-corrected chi connectivity index (χ4v) is 2.29. The number of hydrogen-bond donors (Lipinski definition) is 2. The van der Waals surface area contributed by atoms with E-state index in [2.05, 4.69) is 5.32 Å². The molecule has 0 bridgehead atoms. The first kappa shape index (κ1) is 12.0. The van der Waals surface area contributed by atoms with E-state index in [1.54, 1.807) is 18.4 Å². The second-order valence-electron chi connectivity index (χ2n) is 3.61. The van der Waals surface area contributed by atoms with Gasteiger partial charge in [-0.25, -0.2) is 0 Å². The molecule has 4 heteroatoms. The van der Waals surface area contributed by atoms with Crippen molar-refractivity contribution in [3.05, 3.63) is 46.7 Å². The van der Waals surface area contributed by atoms with Crippen molar-refractivity contribution >= 4 is 17.0 Å². The molecule has 0 saturated carbocycles. The second-order valence-corrected chi connectivity index (χ2v) is 4.59. The maximum absolute atomic E-state index is 9.94. The number of benzene rings is 1. The summed E-state index contributed by atoms with van der Waals surface area (Å²) in [5.41, 5.74) is 0.894. The average Bonchev–Trinajstić information content (AvgIpc) is 2.90. The summed E-state index contributed by atoms with van der Waals surface area (Å²) in [5, 5.41) is 15.1. The summed E-state index contributed by atoms with van der Waals surface area (Å²) in [7, 11) is 1.64. The lowest BCUT2D eigenvalue weighted by atomic mass is 10.2. The Bertz CT molecular complexity index is 456. The van der Waals surface area contributed by atoms with Crippen LogP contribution >= 0.6 is 11.3 Å². The number of methoxy groups -OCH3 is 1. The molecule has 0 fully saturated rings. The first-order valence-electron chi connectivity index (χ1n) is 5.39. The van der Waals surface area contributed by atoms with Crippen LogP contribution in [-0.2, 0) is 0 Å². The smallest absolute Gasteiger partial charge is 0.141 e. The van der Waals surface area contributed by atoms with Crippen LogP contribution in [0.1, 0.15) is 11.0 Å². The van der Waals surface area contributed by atoms with Gasteiger partial charge in [-0.15, -0.1) is 11.3 Å². The Morgan fingerprint density at radius 3 is 2.82 bits per heavy atom. The standard InChI is InChI=1S/C13H15NO2S/c1-16-12-6-3-2-5-10(12)14-9-11(15)13-7-4-8-17-13/h2-8,11,14-15H,9H2,1H3. The third kappa shape index (κ3) is 2.99. The van der Waals surface area contributed by atoms with Gasteiger partial charge >= 0.3 is 0 Å². The van der Waals surface area contributed by atoms with Gasteiger partial charge in [0.25, 0.3) is 0 Å². The zero-order valence-electron chi connectivity index (χ0n) is 9.59. The number of hydrogen-bond acceptors (Lipinski definition) is 4. The molecule has 0 amide bonds. The van der Waals surface area contributed by atoms with Crippen LogP contribution in [-0.4, -0.2) is 18.8 Å². The largest absolute Gasteiger partial charge is 0.495 e. The summed E-state index contributed by atoms with van der Waals surface area (Å²) in [6, 6.07) is 11.5. The fraction of sp³-hybridized carbons (Fsp3) is 0.231. The van der Waals surface area contributed by atoms with Gasteiger partial charge in [-0.05, 0) is 23.6 Å². The lowest BCUT2D eigenvalue weighted by Gasteiger charge is -2.13. The summed E-state index contributed by atoms with van der Waals surface area (Å²) in [6.45, 7) is 0.473. The summed E-state index contributed by atoms with van der Waals surface area (Å²) < 4.78 is 5.23. The molecule has 2 N–H and O–H groups in total. The van der Waals surface area contributed by atoms with Gasteiger partial charge in [0.2, 0.25) is 0 Å². The van der Waals surface area contributed by atoms with Gasteiger partial charge in [0.1, 0.15) is 11.9 Å². The zero-order chi connectivity index (χ0) is 12.1. The second kappa shape index (κ2) is 5.70. The number of para-hydroxylation sites is 2. The highest BCUT2D eigenvalue weighted by Crippen LogP contribution is 2.25. The molecule has 0 aliphatic rings. The van der Waals surface area contributed by atoms with Crippen molar-refractivity contribution in [3.63, 3.8) is 0 Å². The number of aliphatic hydroxyl groups excluding tert-OH is 1. The number of thiophene rings is 1. The Morgan fingerprint density at radius 2 is 2.12 bits per heavy atom. The van der Waals surface area contributed by atoms with Crippen molar-refractivity contribution in [2.45, 2.75) is 6.10 Å². The topological polar surface area (TPSA) is 41.5 Å². The minimum Gasteiger partial charge on any atom is -0.495 e. The van der Waals surface area contributed by atoms with E-state index in [-0.39, 0.29) is 0 Å². The van der Waals surface area contributed by atoms with Gasteiger partial charge in [-0.2, -0.15) is 0 Å². The van der Waals surface area contributed by atoms with Gasteiger partial charge in [-0.3, -0.25) is 0 Å². The Balaban J connectivity index is 1.98. The van der Waals surface area contributed by atoms with E-state index < -0.39 is 6.10 Å². The molecule has 0 spiro atoms. The molecule has 2 rings (SSSR count). The monoisotopic (exact) mass is 249 g/mol. The molecule has 0 saturated heterocycles. The van der Waals surface area contributed by atoms with Crippen LogP contribution in [0.2, 0.25) is 0 Å². The lowest BCUT2D eigenvalue weighted by molar-refractivity contribution is 0.195. The maximum Gasteiger partial charge on any atom is 0.141 e. The molecule has 1 unspecified atom stereocenters. The SMILES string of the molecule is COc1ccccc1NCC(O)c1cccs1. The Hall–Kier alpha value is -1.52. The molecule has 0 aliphatic carbocycles. The molecule has 0 aliphatic heterocycles. The van der Waals surface area contributed by atoms with Crippen LogP contribution < -0.4 is 10.1 Å². The van der Waals surface area contributed by atoms with E-state index in [1.165, 1.54) is 0 Å². The predicted octanol–water partition coefficient (Wildman–Crippen LogP) is 2.90. The van der Waals surface area contributed by atoms with E-state index in [1.807, 2.05) is 41.8 Å². The van der Waals surface area contributed by atoms with Crippen LogP contribution in [0.25, 0.3) is 0 Å². The maximum atomic E-state index is 9.94. The van der Waals surface area contributed by atoms with E-state index in [0.717, 1.165) is 16.3 Å². The summed E-state index contributed by atoms with van der Waals surface area (Å²) in [4.78, 5) is 0.965.